The SMILES string of the molecule is Clc1ccc(OCCN2CC3CNCC3C2)cc1. The average Bonchev–Trinajstić information content (AvgIpc) is 2.92. The molecule has 0 spiro atoms. The molecule has 2 atom stereocenters. The normalized spacial score (nSPS) is 27.4. The van der Waals surface area contributed by atoms with Crippen molar-refractivity contribution in [2.45, 2.75) is 0 Å². The lowest BCUT2D eigenvalue weighted by molar-refractivity contribution is 0.228. The first-order valence-corrected chi connectivity index (χ1v) is 7.00. The van der Waals surface area contributed by atoms with Crippen molar-refractivity contribution in [3.63, 3.8) is 0 Å². The van der Waals surface area contributed by atoms with Crippen molar-refractivity contribution in [1.29, 1.82) is 0 Å². The van der Waals surface area contributed by atoms with Crippen molar-refractivity contribution in [3.05, 3.63) is 29.3 Å². The van der Waals surface area contributed by atoms with E-state index in [9.17, 15) is 0 Å². The predicted molar refractivity (Wildman–Crippen MR) is 73.2 cm³/mol. The highest BCUT2D eigenvalue weighted by Crippen LogP contribution is 2.25. The van der Waals surface area contributed by atoms with Crippen molar-refractivity contribution in [2.24, 2.45) is 11.8 Å². The molecule has 98 valence electrons. The number of fused-ring (bicyclic) bond motifs is 1. The van der Waals surface area contributed by atoms with E-state index < -0.39 is 0 Å². The van der Waals surface area contributed by atoms with E-state index in [0.29, 0.717) is 0 Å². The molecule has 0 aliphatic carbocycles. The molecule has 0 bridgehead atoms. The molecule has 1 aromatic carbocycles. The first kappa shape index (κ1) is 12.3. The Kier molecular flexibility index (Phi) is 3.73. The summed E-state index contributed by atoms with van der Waals surface area (Å²) in [7, 11) is 0. The van der Waals surface area contributed by atoms with Gasteiger partial charge in [-0.25, -0.2) is 0 Å². The number of nitrogens with one attached hydrogen (secondary N) is 1. The summed E-state index contributed by atoms with van der Waals surface area (Å²) in [6.45, 7) is 6.62. The van der Waals surface area contributed by atoms with Crippen LogP contribution in [0.4, 0.5) is 0 Å². The first-order valence-electron chi connectivity index (χ1n) is 6.63. The molecule has 1 N–H and O–H groups in total. The molecule has 2 heterocycles. The topological polar surface area (TPSA) is 24.5 Å². The van der Waals surface area contributed by atoms with E-state index in [2.05, 4.69) is 10.2 Å². The minimum atomic E-state index is 0.752. The van der Waals surface area contributed by atoms with Crippen molar-refractivity contribution in [2.75, 3.05) is 39.3 Å². The van der Waals surface area contributed by atoms with Gasteiger partial charge in [0.25, 0.3) is 0 Å². The van der Waals surface area contributed by atoms with E-state index in [1.807, 2.05) is 24.3 Å². The molecule has 1 aromatic rings. The van der Waals surface area contributed by atoms with E-state index in [-0.39, 0.29) is 0 Å². The van der Waals surface area contributed by atoms with Crippen LogP contribution in [0, 0.1) is 11.8 Å². The number of hydrogen-bond donors (Lipinski definition) is 1. The van der Waals surface area contributed by atoms with Crippen LogP contribution in [0.1, 0.15) is 0 Å². The average molecular weight is 267 g/mol. The van der Waals surface area contributed by atoms with Gasteiger partial charge in [-0.15, -0.1) is 0 Å². The molecule has 0 amide bonds. The molecule has 0 aromatic heterocycles. The number of likely N-dealkylation sites (tertiary alicyclic amines) is 1. The molecule has 2 fully saturated rings. The summed E-state index contributed by atoms with van der Waals surface area (Å²) in [4.78, 5) is 2.52. The van der Waals surface area contributed by atoms with E-state index >= 15 is 0 Å². The zero-order valence-corrected chi connectivity index (χ0v) is 11.2. The second-order valence-electron chi connectivity index (χ2n) is 5.24. The largest absolute Gasteiger partial charge is 0.492 e. The lowest BCUT2D eigenvalue weighted by atomic mass is 10.0. The van der Waals surface area contributed by atoms with Crippen LogP contribution in [0.5, 0.6) is 5.75 Å². The molecule has 2 aliphatic heterocycles. The van der Waals surface area contributed by atoms with Gasteiger partial charge in [-0.05, 0) is 49.2 Å². The summed E-state index contributed by atoms with van der Waals surface area (Å²) in [5, 5.41) is 4.21. The van der Waals surface area contributed by atoms with Crippen LogP contribution < -0.4 is 10.1 Å². The third-order valence-corrected chi connectivity index (χ3v) is 4.21. The second kappa shape index (κ2) is 5.47. The molecule has 0 radical (unpaired) electrons. The second-order valence-corrected chi connectivity index (χ2v) is 5.68. The Morgan fingerprint density at radius 3 is 2.50 bits per heavy atom. The van der Waals surface area contributed by atoms with Crippen molar-refractivity contribution in [1.82, 2.24) is 10.2 Å². The standard InChI is InChI=1S/C14H19ClN2O/c15-13-1-3-14(4-2-13)18-6-5-17-9-11-7-16-8-12(11)10-17/h1-4,11-12,16H,5-10H2. The van der Waals surface area contributed by atoms with Crippen LogP contribution in [0.3, 0.4) is 0 Å². The number of rotatable bonds is 4. The Bertz CT molecular complexity index is 383. The van der Waals surface area contributed by atoms with Gasteiger partial charge in [0, 0.05) is 24.7 Å². The maximum absolute atomic E-state index is 5.83. The Morgan fingerprint density at radius 2 is 1.83 bits per heavy atom. The Morgan fingerprint density at radius 1 is 1.17 bits per heavy atom. The number of hydrogen-bond acceptors (Lipinski definition) is 3. The third-order valence-electron chi connectivity index (χ3n) is 3.96. The van der Waals surface area contributed by atoms with Crippen LogP contribution in [-0.4, -0.2) is 44.2 Å². The van der Waals surface area contributed by atoms with Gasteiger partial charge in [0.1, 0.15) is 12.4 Å². The highest BCUT2D eigenvalue weighted by molar-refractivity contribution is 6.30. The van der Waals surface area contributed by atoms with Gasteiger partial charge in [-0.1, -0.05) is 11.6 Å². The fourth-order valence-corrected chi connectivity index (χ4v) is 3.08. The monoisotopic (exact) mass is 266 g/mol. The summed E-state index contributed by atoms with van der Waals surface area (Å²) >= 11 is 5.83. The molecule has 2 saturated heterocycles. The van der Waals surface area contributed by atoms with Gasteiger partial charge in [-0.3, -0.25) is 4.90 Å². The highest BCUT2D eigenvalue weighted by atomic mass is 35.5. The molecule has 4 heteroatoms. The van der Waals surface area contributed by atoms with Gasteiger partial charge in [0.2, 0.25) is 0 Å². The Labute approximate surface area is 113 Å². The molecule has 0 saturated carbocycles. The van der Waals surface area contributed by atoms with Gasteiger partial charge in [0.15, 0.2) is 0 Å². The van der Waals surface area contributed by atoms with Gasteiger partial charge >= 0.3 is 0 Å². The summed E-state index contributed by atoms with van der Waals surface area (Å²) in [5.74, 6) is 2.63. The van der Waals surface area contributed by atoms with E-state index in [4.69, 9.17) is 16.3 Å². The van der Waals surface area contributed by atoms with Gasteiger partial charge in [-0.2, -0.15) is 0 Å². The lowest BCUT2D eigenvalue weighted by Crippen LogP contribution is -2.29. The number of benzene rings is 1. The van der Waals surface area contributed by atoms with E-state index in [0.717, 1.165) is 35.8 Å². The fraction of sp³-hybridized carbons (Fsp3) is 0.571. The molecular formula is C14H19ClN2O. The minimum absolute atomic E-state index is 0.752. The summed E-state index contributed by atoms with van der Waals surface area (Å²) < 4.78 is 5.73. The molecule has 3 nitrogen and oxygen atoms in total. The zero-order valence-electron chi connectivity index (χ0n) is 10.4. The van der Waals surface area contributed by atoms with Crippen LogP contribution in [-0.2, 0) is 0 Å². The maximum Gasteiger partial charge on any atom is 0.119 e. The number of nitrogens with zero attached hydrogens (tertiary/aromatic N) is 1. The van der Waals surface area contributed by atoms with Crippen LogP contribution in [0.2, 0.25) is 5.02 Å². The van der Waals surface area contributed by atoms with Crippen molar-refractivity contribution in [3.8, 4) is 5.75 Å². The van der Waals surface area contributed by atoms with Crippen molar-refractivity contribution < 1.29 is 4.74 Å². The van der Waals surface area contributed by atoms with Gasteiger partial charge < -0.3 is 10.1 Å². The highest BCUT2D eigenvalue weighted by Gasteiger charge is 2.35. The summed E-state index contributed by atoms with van der Waals surface area (Å²) in [6.07, 6.45) is 0. The van der Waals surface area contributed by atoms with Crippen LogP contribution >= 0.6 is 11.6 Å². The Balaban J connectivity index is 1.41. The van der Waals surface area contributed by atoms with Crippen LogP contribution in [0.15, 0.2) is 24.3 Å². The summed E-state index contributed by atoms with van der Waals surface area (Å²) in [5.41, 5.74) is 0. The zero-order chi connectivity index (χ0) is 12.4. The quantitative estimate of drug-likeness (QED) is 0.901. The smallest absolute Gasteiger partial charge is 0.119 e. The fourth-order valence-electron chi connectivity index (χ4n) is 2.96. The molecule has 2 unspecified atom stereocenters. The van der Waals surface area contributed by atoms with E-state index in [1.54, 1.807) is 0 Å². The molecule has 18 heavy (non-hydrogen) atoms. The van der Waals surface area contributed by atoms with E-state index in [1.165, 1.54) is 26.2 Å². The van der Waals surface area contributed by atoms with Crippen molar-refractivity contribution >= 4 is 11.6 Å². The lowest BCUT2D eigenvalue weighted by Gasteiger charge is -2.17. The molecular weight excluding hydrogens is 248 g/mol. The van der Waals surface area contributed by atoms with Gasteiger partial charge in [0.05, 0.1) is 0 Å². The minimum Gasteiger partial charge on any atom is -0.492 e. The number of halogens is 1. The molecule has 3 rings (SSSR count). The Hall–Kier alpha value is -0.770. The third kappa shape index (κ3) is 2.79. The van der Waals surface area contributed by atoms with Crippen LogP contribution in [0.25, 0.3) is 0 Å². The molecule has 2 aliphatic rings. The maximum atomic E-state index is 5.83. The number of ether oxygens (including phenoxy) is 1. The first-order chi connectivity index (χ1) is 8.81. The summed E-state index contributed by atoms with van der Waals surface area (Å²) in [6, 6.07) is 7.57. The predicted octanol–water partition coefficient (Wildman–Crippen LogP) is 1.87.